The zero-order valence-corrected chi connectivity index (χ0v) is 11.1. The Morgan fingerprint density at radius 1 is 1.05 bits per heavy atom. The molecule has 1 heterocycles. The largest absolute Gasteiger partial charge is 0.490 e. The summed E-state index contributed by atoms with van der Waals surface area (Å²) in [5.74, 6) is 0.579. The number of aryl methyl sites for hydroxylation is 1. The summed E-state index contributed by atoms with van der Waals surface area (Å²) in [6.07, 6.45) is -2.06. The summed E-state index contributed by atoms with van der Waals surface area (Å²) < 4.78 is 50.1. The van der Waals surface area contributed by atoms with Gasteiger partial charge in [0.05, 0.1) is 18.8 Å². The number of halogens is 3. The van der Waals surface area contributed by atoms with Gasteiger partial charge in [-0.3, -0.25) is 0 Å². The van der Waals surface area contributed by atoms with Crippen molar-refractivity contribution in [1.82, 2.24) is 0 Å². The summed E-state index contributed by atoms with van der Waals surface area (Å²) in [5, 5.41) is 0. The van der Waals surface area contributed by atoms with Gasteiger partial charge in [0.2, 0.25) is 0 Å². The predicted octanol–water partition coefficient (Wildman–Crippen LogP) is 3.15. The highest BCUT2D eigenvalue weighted by Gasteiger charge is 2.34. The molecular weight excluding hydrogens is 271 g/mol. The minimum Gasteiger partial charge on any atom is -0.490 e. The molecule has 0 aromatic heterocycles. The number of nitrogens with two attached hydrogens (primary N) is 1. The van der Waals surface area contributed by atoms with Crippen LogP contribution in [0, 0.1) is 0 Å². The maximum Gasteiger partial charge on any atom is 0.416 e. The van der Waals surface area contributed by atoms with Gasteiger partial charge in [0.25, 0.3) is 0 Å². The monoisotopic (exact) mass is 289 g/mol. The lowest BCUT2D eigenvalue weighted by molar-refractivity contribution is -0.138. The minimum atomic E-state index is -4.39. The van der Waals surface area contributed by atoms with Crippen molar-refractivity contribution in [2.45, 2.75) is 31.9 Å². The van der Waals surface area contributed by atoms with Gasteiger partial charge in [0, 0.05) is 6.42 Å². The molecule has 2 rings (SSSR count). The number of alkyl halides is 3. The molecule has 0 bridgehead atoms. The maximum atomic E-state index is 13.1. The van der Waals surface area contributed by atoms with Crippen LogP contribution in [0.4, 0.5) is 13.2 Å². The zero-order valence-electron chi connectivity index (χ0n) is 11.1. The van der Waals surface area contributed by atoms with Crippen molar-refractivity contribution in [3.8, 4) is 11.5 Å². The Morgan fingerprint density at radius 2 is 1.70 bits per heavy atom. The number of rotatable bonds is 4. The summed E-state index contributed by atoms with van der Waals surface area (Å²) in [4.78, 5) is 0. The van der Waals surface area contributed by atoms with E-state index >= 15 is 0 Å². The SMILES string of the molecule is NCCCCc1cc2c(cc1C(F)(F)F)OCCCO2. The second-order valence-electron chi connectivity index (χ2n) is 4.75. The van der Waals surface area contributed by atoms with E-state index in [1.165, 1.54) is 6.07 Å². The highest BCUT2D eigenvalue weighted by atomic mass is 19.4. The molecule has 1 aromatic carbocycles. The molecule has 1 aliphatic heterocycles. The molecule has 6 heteroatoms. The average molecular weight is 289 g/mol. The first-order valence-electron chi connectivity index (χ1n) is 6.72. The van der Waals surface area contributed by atoms with E-state index in [4.69, 9.17) is 15.2 Å². The minimum absolute atomic E-state index is 0.178. The van der Waals surface area contributed by atoms with Gasteiger partial charge in [-0.1, -0.05) is 0 Å². The average Bonchev–Trinajstić information content (AvgIpc) is 2.61. The number of benzene rings is 1. The molecule has 0 amide bonds. The normalized spacial score (nSPS) is 15.0. The molecule has 0 unspecified atom stereocenters. The van der Waals surface area contributed by atoms with Crippen LogP contribution in [0.25, 0.3) is 0 Å². The van der Waals surface area contributed by atoms with E-state index in [2.05, 4.69) is 0 Å². The Morgan fingerprint density at radius 3 is 2.30 bits per heavy atom. The van der Waals surface area contributed by atoms with Crippen molar-refractivity contribution in [1.29, 1.82) is 0 Å². The van der Waals surface area contributed by atoms with Gasteiger partial charge in [-0.15, -0.1) is 0 Å². The molecule has 20 heavy (non-hydrogen) atoms. The van der Waals surface area contributed by atoms with Gasteiger partial charge in [0.15, 0.2) is 11.5 Å². The number of ether oxygens (including phenoxy) is 2. The molecule has 0 atom stereocenters. The fourth-order valence-corrected chi connectivity index (χ4v) is 2.18. The summed E-state index contributed by atoms with van der Waals surface area (Å²) in [7, 11) is 0. The van der Waals surface area contributed by atoms with Gasteiger partial charge in [0.1, 0.15) is 0 Å². The molecule has 0 aliphatic carbocycles. The zero-order chi connectivity index (χ0) is 14.6. The van der Waals surface area contributed by atoms with Gasteiger partial charge in [-0.25, -0.2) is 0 Å². The Bertz CT molecular complexity index is 460. The van der Waals surface area contributed by atoms with Crippen molar-refractivity contribution in [2.75, 3.05) is 19.8 Å². The molecule has 0 fully saturated rings. The predicted molar refractivity (Wildman–Crippen MR) is 69.0 cm³/mol. The first-order valence-corrected chi connectivity index (χ1v) is 6.72. The van der Waals surface area contributed by atoms with E-state index in [-0.39, 0.29) is 11.3 Å². The molecule has 0 radical (unpaired) electrons. The lowest BCUT2D eigenvalue weighted by atomic mass is 10.0. The summed E-state index contributed by atoms with van der Waals surface area (Å²) in [5.41, 5.74) is 4.99. The van der Waals surface area contributed by atoms with E-state index in [1.54, 1.807) is 0 Å². The molecule has 112 valence electrons. The third-order valence-electron chi connectivity index (χ3n) is 3.18. The second-order valence-corrected chi connectivity index (χ2v) is 4.75. The van der Waals surface area contributed by atoms with Crippen LogP contribution in [0.5, 0.6) is 11.5 Å². The molecular formula is C14H18F3NO2. The highest BCUT2D eigenvalue weighted by molar-refractivity contribution is 5.49. The molecule has 1 aromatic rings. The van der Waals surface area contributed by atoms with E-state index in [9.17, 15) is 13.2 Å². The van der Waals surface area contributed by atoms with Crippen molar-refractivity contribution < 1.29 is 22.6 Å². The van der Waals surface area contributed by atoms with E-state index in [0.717, 1.165) is 6.07 Å². The summed E-state index contributed by atoms with van der Waals surface area (Å²) in [6, 6.07) is 2.51. The number of hydrogen-bond donors (Lipinski definition) is 1. The summed E-state index contributed by atoms with van der Waals surface area (Å²) >= 11 is 0. The maximum absolute atomic E-state index is 13.1. The van der Waals surface area contributed by atoms with Crippen LogP contribution < -0.4 is 15.2 Å². The highest BCUT2D eigenvalue weighted by Crippen LogP contribution is 2.40. The Balaban J connectivity index is 2.33. The van der Waals surface area contributed by atoms with Crippen LogP contribution in [0.2, 0.25) is 0 Å². The molecule has 0 saturated carbocycles. The van der Waals surface area contributed by atoms with Crippen molar-refractivity contribution >= 4 is 0 Å². The topological polar surface area (TPSA) is 44.5 Å². The molecule has 0 saturated heterocycles. The van der Waals surface area contributed by atoms with E-state index in [0.29, 0.717) is 51.2 Å². The van der Waals surface area contributed by atoms with Gasteiger partial charge < -0.3 is 15.2 Å². The Kier molecular flexibility index (Phi) is 4.75. The van der Waals surface area contributed by atoms with Crippen LogP contribution in [0.3, 0.4) is 0 Å². The van der Waals surface area contributed by atoms with Gasteiger partial charge in [-0.2, -0.15) is 13.2 Å². The third-order valence-corrected chi connectivity index (χ3v) is 3.18. The van der Waals surface area contributed by atoms with Crippen LogP contribution in [0.15, 0.2) is 12.1 Å². The van der Waals surface area contributed by atoms with Crippen LogP contribution in [-0.2, 0) is 12.6 Å². The lowest BCUT2D eigenvalue weighted by Gasteiger charge is -2.16. The number of hydrogen-bond acceptors (Lipinski definition) is 3. The van der Waals surface area contributed by atoms with Crippen LogP contribution in [0.1, 0.15) is 30.4 Å². The van der Waals surface area contributed by atoms with E-state index in [1.807, 2.05) is 0 Å². The molecule has 1 aliphatic rings. The second kappa shape index (κ2) is 6.35. The fourth-order valence-electron chi connectivity index (χ4n) is 2.18. The van der Waals surface area contributed by atoms with Crippen molar-refractivity contribution in [3.63, 3.8) is 0 Å². The van der Waals surface area contributed by atoms with E-state index < -0.39 is 11.7 Å². The van der Waals surface area contributed by atoms with Crippen molar-refractivity contribution in [2.24, 2.45) is 5.73 Å². The molecule has 0 spiro atoms. The third kappa shape index (κ3) is 3.56. The van der Waals surface area contributed by atoms with Crippen LogP contribution >= 0.6 is 0 Å². The number of fused-ring (bicyclic) bond motifs is 1. The lowest BCUT2D eigenvalue weighted by Crippen LogP contribution is -2.11. The first kappa shape index (κ1) is 15.0. The fraction of sp³-hybridized carbons (Fsp3) is 0.571. The first-order chi connectivity index (χ1) is 9.52. The number of unbranched alkanes of at least 4 members (excludes halogenated alkanes) is 1. The van der Waals surface area contributed by atoms with Crippen molar-refractivity contribution in [3.05, 3.63) is 23.3 Å². The molecule has 3 nitrogen and oxygen atoms in total. The van der Waals surface area contributed by atoms with Gasteiger partial charge >= 0.3 is 6.18 Å². The quantitative estimate of drug-likeness (QED) is 0.866. The smallest absolute Gasteiger partial charge is 0.416 e. The standard InChI is InChI=1S/C14H18F3NO2/c15-14(16,17)11-9-13-12(19-6-3-7-20-13)8-10(11)4-1-2-5-18/h8-9H,1-7,18H2. The van der Waals surface area contributed by atoms with Gasteiger partial charge in [-0.05, 0) is 43.5 Å². The summed E-state index contributed by atoms with van der Waals surface area (Å²) in [6.45, 7) is 1.31. The van der Waals surface area contributed by atoms with Crippen LogP contribution in [-0.4, -0.2) is 19.8 Å². The Hall–Kier alpha value is -1.43. The Labute approximate surface area is 115 Å². The molecule has 2 N–H and O–H groups in total.